The lowest BCUT2D eigenvalue weighted by molar-refractivity contribution is -0.116. The molecule has 112 valence electrons. The van der Waals surface area contributed by atoms with Crippen LogP contribution >= 0.6 is 12.4 Å². The van der Waals surface area contributed by atoms with Crippen LogP contribution < -0.4 is 11.1 Å². The lowest BCUT2D eigenvalue weighted by Gasteiger charge is -2.30. The number of para-hydroxylation sites is 1. The van der Waals surface area contributed by atoms with Gasteiger partial charge in [0.05, 0.1) is 5.69 Å². The number of anilines is 1. The third-order valence-electron chi connectivity index (χ3n) is 3.35. The number of carbonyl (C=O) groups excluding carboxylic acids is 1. The first-order chi connectivity index (χ1) is 9.15. The molecule has 3 N–H and O–H groups in total. The average Bonchev–Trinajstić information content (AvgIpc) is 2.39. The molecule has 1 aliphatic heterocycles. The van der Waals surface area contributed by atoms with Gasteiger partial charge in [0.2, 0.25) is 5.91 Å². The molecule has 1 aromatic rings. The van der Waals surface area contributed by atoms with E-state index < -0.39 is 5.82 Å². The molecule has 0 bridgehead atoms. The summed E-state index contributed by atoms with van der Waals surface area (Å²) >= 11 is 0. The number of nitrogens with zero attached hydrogens (tertiary/aromatic N) is 1. The topological polar surface area (TPSA) is 58.4 Å². The zero-order chi connectivity index (χ0) is 13.7. The van der Waals surface area contributed by atoms with Crippen molar-refractivity contribution in [3.05, 3.63) is 30.1 Å². The Morgan fingerprint density at radius 3 is 2.90 bits per heavy atom. The first kappa shape index (κ1) is 16.9. The van der Waals surface area contributed by atoms with Crippen LogP contribution in [0.25, 0.3) is 0 Å². The van der Waals surface area contributed by atoms with Crippen molar-refractivity contribution in [2.24, 2.45) is 5.73 Å². The molecule has 1 amide bonds. The monoisotopic (exact) mass is 301 g/mol. The number of nitrogens with one attached hydrogen (secondary N) is 1. The van der Waals surface area contributed by atoms with Crippen LogP contribution in [0.2, 0.25) is 0 Å². The Morgan fingerprint density at radius 2 is 2.20 bits per heavy atom. The second-order valence-corrected chi connectivity index (χ2v) is 4.98. The van der Waals surface area contributed by atoms with Crippen molar-refractivity contribution >= 4 is 24.0 Å². The number of hydrogen-bond acceptors (Lipinski definition) is 3. The molecular weight excluding hydrogens is 281 g/mol. The predicted molar refractivity (Wildman–Crippen MR) is 80.5 cm³/mol. The van der Waals surface area contributed by atoms with Gasteiger partial charge in [-0.05, 0) is 31.5 Å². The number of halogens is 2. The SMILES string of the molecule is Cl.NC1CCCN(CCC(=O)Nc2ccccc2F)C1. The zero-order valence-corrected chi connectivity index (χ0v) is 12.2. The number of carbonyl (C=O) groups is 1. The first-order valence-corrected chi connectivity index (χ1v) is 6.67. The molecular formula is C14H21ClFN3O. The maximum absolute atomic E-state index is 13.4. The summed E-state index contributed by atoms with van der Waals surface area (Å²) in [4.78, 5) is 13.9. The van der Waals surface area contributed by atoms with E-state index in [1.807, 2.05) is 0 Å². The lowest BCUT2D eigenvalue weighted by atomic mass is 10.1. The minimum Gasteiger partial charge on any atom is -0.327 e. The van der Waals surface area contributed by atoms with Gasteiger partial charge < -0.3 is 16.0 Å². The molecule has 1 atom stereocenters. The minimum absolute atomic E-state index is 0. The number of piperidine rings is 1. The largest absolute Gasteiger partial charge is 0.327 e. The quantitative estimate of drug-likeness (QED) is 0.894. The maximum Gasteiger partial charge on any atom is 0.225 e. The maximum atomic E-state index is 13.4. The molecule has 0 aliphatic carbocycles. The molecule has 0 spiro atoms. The van der Waals surface area contributed by atoms with Crippen LogP contribution in [0.1, 0.15) is 19.3 Å². The molecule has 0 saturated carbocycles. The number of nitrogens with two attached hydrogens (primary N) is 1. The summed E-state index contributed by atoms with van der Waals surface area (Å²) < 4.78 is 13.4. The summed E-state index contributed by atoms with van der Waals surface area (Å²) in [7, 11) is 0. The molecule has 1 aliphatic rings. The van der Waals surface area contributed by atoms with Gasteiger partial charge in [-0.2, -0.15) is 0 Å². The fraction of sp³-hybridized carbons (Fsp3) is 0.500. The first-order valence-electron chi connectivity index (χ1n) is 6.67. The van der Waals surface area contributed by atoms with Crippen molar-refractivity contribution in [2.45, 2.75) is 25.3 Å². The Balaban J connectivity index is 0.00000200. The summed E-state index contributed by atoms with van der Waals surface area (Å²) in [5.74, 6) is -0.569. The van der Waals surface area contributed by atoms with E-state index in [1.54, 1.807) is 18.2 Å². The van der Waals surface area contributed by atoms with E-state index in [2.05, 4.69) is 10.2 Å². The van der Waals surface area contributed by atoms with Gasteiger partial charge in [-0.15, -0.1) is 12.4 Å². The Labute approximate surface area is 124 Å². The molecule has 0 radical (unpaired) electrons. The van der Waals surface area contributed by atoms with Gasteiger partial charge in [-0.25, -0.2) is 4.39 Å². The smallest absolute Gasteiger partial charge is 0.225 e. The molecule has 4 nitrogen and oxygen atoms in total. The van der Waals surface area contributed by atoms with E-state index in [1.165, 1.54) is 6.07 Å². The highest BCUT2D eigenvalue weighted by Crippen LogP contribution is 2.13. The van der Waals surface area contributed by atoms with Gasteiger partial charge in [0, 0.05) is 25.6 Å². The molecule has 1 saturated heterocycles. The molecule has 1 heterocycles. The minimum atomic E-state index is -0.407. The van der Waals surface area contributed by atoms with Crippen LogP contribution in [0, 0.1) is 5.82 Å². The summed E-state index contributed by atoms with van der Waals surface area (Å²) in [5.41, 5.74) is 6.12. The van der Waals surface area contributed by atoms with Gasteiger partial charge >= 0.3 is 0 Å². The highest BCUT2D eigenvalue weighted by molar-refractivity contribution is 5.90. The van der Waals surface area contributed by atoms with E-state index in [0.717, 1.165) is 25.9 Å². The molecule has 0 aromatic heterocycles. The Kier molecular flexibility index (Phi) is 6.91. The number of benzene rings is 1. The summed E-state index contributed by atoms with van der Waals surface area (Å²) in [6, 6.07) is 6.40. The van der Waals surface area contributed by atoms with Gasteiger partial charge in [0.1, 0.15) is 5.82 Å². The number of rotatable bonds is 4. The Morgan fingerprint density at radius 1 is 1.45 bits per heavy atom. The van der Waals surface area contributed by atoms with Crippen LogP contribution in [-0.2, 0) is 4.79 Å². The second-order valence-electron chi connectivity index (χ2n) is 4.98. The van der Waals surface area contributed by atoms with E-state index in [9.17, 15) is 9.18 Å². The van der Waals surface area contributed by atoms with Crippen molar-refractivity contribution in [3.63, 3.8) is 0 Å². The summed E-state index contributed by atoms with van der Waals surface area (Å²) in [5, 5.41) is 2.59. The zero-order valence-electron chi connectivity index (χ0n) is 11.3. The fourth-order valence-corrected chi connectivity index (χ4v) is 2.33. The van der Waals surface area contributed by atoms with Gasteiger partial charge in [-0.1, -0.05) is 12.1 Å². The van der Waals surface area contributed by atoms with E-state index >= 15 is 0 Å². The molecule has 2 rings (SSSR count). The van der Waals surface area contributed by atoms with Crippen molar-refractivity contribution in [2.75, 3.05) is 25.0 Å². The Bertz CT molecular complexity index is 444. The second kappa shape index (κ2) is 8.19. The van der Waals surface area contributed by atoms with Crippen molar-refractivity contribution in [1.29, 1.82) is 0 Å². The molecule has 1 aromatic carbocycles. The van der Waals surface area contributed by atoms with E-state index in [4.69, 9.17) is 5.73 Å². The lowest BCUT2D eigenvalue weighted by Crippen LogP contribution is -2.43. The van der Waals surface area contributed by atoms with Crippen LogP contribution in [0.5, 0.6) is 0 Å². The van der Waals surface area contributed by atoms with Gasteiger partial charge in [0.15, 0.2) is 0 Å². The van der Waals surface area contributed by atoms with Crippen molar-refractivity contribution < 1.29 is 9.18 Å². The van der Waals surface area contributed by atoms with Crippen LogP contribution in [-0.4, -0.2) is 36.5 Å². The van der Waals surface area contributed by atoms with Crippen LogP contribution in [0.3, 0.4) is 0 Å². The average molecular weight is 302 g/mol. The van der Waals surface area contributed by atoms with Crippen LogP contribution in [0.4, 0.5) is 10.1 Å². The molecule has 1 unspecified atom stereocenters. The van der Waals surface area contributed by atoms with Crippen molar-refractivity contribution in [1.82, 2.24) is 4.90 Å². The standard InChI is InChI=1S/C14H20FN3O.ClH/c15-12-5-1-2-6-13(12)17-14(19)7-9-18-8-3-4-11(16)10-18;/h1-2,5-6,11H,3-4,7-10,16H2,(H,17,19);1H. The normalized spacial score (nSPS) is 19.2. The van der Waals surface area contributed by atoms with Gasteiger partial charge in [-0.3, -0.25) is 4.79 Å². The van der Waals surface area contributed by atoms with Crippen molar-refractivity contribution in [3.8, 4) is 0 Å². The summed E-state index contributed by atoms with van der Waals surface area (Å²) in [6.45, 7) is 2.50. The number of hydrogen-bond donors (Lipinski definition) is 2. The predicted octanol–water partition coefficient (Wildman–Crippen LogP) is 2.00. The fourth-order valence-electron chi connectivity index (χ4n) is 2.33. The van der Waals surface area contributed by atoms with Gasteiger partial charge in [0.25, 0.3) is 0 Å². The van der Waals surface area contributed by atoms with E-state index in [0.29, 0.717) is 13.0 Å². The van der Waals surface area contributed by atoms with Crippen LogP contribution in [0.15, 0.2) is 24.3 Å². The highest BCUT2D eigenvalue weighted by Gasteiger charge is 2.17. The number of likely N-dealkylation sites (tertiary alicyclic amines) is 1. The third kappa shape index (κ3) is 5.07. The number of amides is 1. The summed E-state index contributed by atoms with van der Waals surface area (Å²) in [6.07, 6.45) is 2.50. The highest BCUT2D eigenvalue weighted by atomic mass is 35.5. The van der Waals surface area contributed by atoms with E-state index in [-0.39, 0.29) is 30.0 Å². The molecule has 1 fully saturated rings. The third-order valence-corrected chi connectivity index (χ3v) is 3.35. The Hall–Kier alpha value is -1.17. The molecule has 6 heteroatoms. The molecule has 20 heavy (non-hydrogen) atoms.